The van der Waals surface area contributed by atoms with E-state index < -0.39 is 10.0 Å². The third-order valence-electron chi connectivity index (χ3n) is 4.42. The Hall–Kier alpha value is -0.920. The quantitative estimate of drug-likeness (QED) is 0.605. The van der Waals surface area contributed by atoms with Gasteiger partial charge in [-0.2, -0.15) is 5.10 Å². The van der Waals surface area contributed by atoms with Gasteiger partial charge in [-0.25, -0.2) is 13.1 Å². The molecule has 0 bridgehead atoms. The van der Waals surface area contributed by atoms with Crippen molar-refractivity contribution in [2.45, 2.75) is 51.6 Å². The summed E-state index contributed by atoms with van der Waals surface area (Å²) >= 11 is 0. The van der Waals surface area contributed by atoms with Crippen LogP contribution in [0.5, 0.6) is 0 Å². The zero-order valence-corrected chi connectivity index (χ0v) is 13.9. The Morgan fingerprint density at radius 2 is 2.14 bits per heavy atom. The molecular weight excluding hydrogens is 288 g/mol. The zero-order chi connectivity index (χ0) is 15.5. The number of hydrogen-bond acceptors (Lipinski definition) is 4. The summed E-state index contributed by atoms with van der Waals surface area (Å²) in [7, 11) is -3.52. The number of sulfonamides is 1. The number of nitrogens with one attached hydrogen (secondary N) is 3. The minimum Gasteiger partial charge on any atom is -0.313 e. The molecule has 120 valence electrons. The van der Waals surface area contributed by atoms with Crippen LogP contribution in [-0.4, -0.2) is 31.7 Å². The van der Waals surface area contributed by atoms with Crippen LogP contribution in [0, 0.1) is 11.3 Å². The highest BCUT2D eigenvalue weighted by molar-refractivity contribution is 7.89. The topological polar surface area (TPSA) is 86.9 Å². The van der Waals surface area contributed by atoms with Crippen molar-refractivity contribution in [2.75, 3.05) is 13.1 Å². The number of hydrogen-bond donors (Lipinski definition) is 3. The largest absolute Gasteiger partial charge is 0.313 e. The first kappa shape index (κ1) is 16.5. The third-order valence-corrected chi connectivity index (χ3v) is 5.84. The van der Waals surface area contributed by atoms with Gasteiger partial charge in [-0.05, 0) is 37.1 Å². The monoisotopic (exact) mass is 314 g/mol. The standard InChI is InChI=1S/C14H26N4O2S/c1-4-7-15-8-12-9-16-18-13(12)21(19,20)17-10-14(5-6-14)11(2)3/h9,11,15,17H,4-8,10H2,1-3H3,(H,16,18). The van der Waals surface area contributed by atoms with E-state index in [9.17, 15) is 8.42 Å². The van der Waals surface area contributed by atoms with Crippen LogP contribution in [0.2, 0.25) is 0 Å². The number of aromatic nitrogens is 2. The molecule has 2 rings (SSSR count). The molecule has 0 spiro atoms. The second-order valence-electron chi connectivity index (χ2n) is 6.24. The van der Waals surface area contributed by atoms with Gasteiger partial charge in [0, 0.05) is 18.7 Å². The van der Waals surface area contributed by atoms with Gasteiger partial charge >= 0.3 is 0 Å². The highest BCUT2D eigenvalue weighted by atomic mass is 32.2. The van der Waals surface area contributed by atoms with Crippen molar-refractivity contribution in [1.82, 2.24) is 20.2 Å². The first-order valence-electron chi connectivity index (χ1n) is 7.64. The summed E-state index contributed by atoms with van der Waals surface area (Å²) in [5.41, 5.74) is 0.832. The first-order chi connectivity index (χ1) is 9.91. The Kier molecular flexibility index (Phi) is 5.06. The molecule has 21 heavy (non-hydrogen) atoms. The van der Waals surface area contributed by atoms with E-state index in [1.54, 1.807) is 6.20 Å². The Morgan fingerprint density at radius 1 is 1.43 bits per heavy atom. The van der Waals surface area contributed by atoms with Gasteiger partial charge in [0.05, 0.1) is 6.20 Å². The van der Waals surface area contributed by atoms with Gasteiger partial charge in [0.15, 0.2) is 5.03 Å². The summed E-state index contributed by atoms with van der Waals surface area (Å²) in [6, 6.07) is 0. The van der Waals surface area contributed by atoms with Crippen LogP contribution in [0.25, 0.3) is 0 Å². The van der Waals surface area contributed by atoms with Crippen LogP contribution in [0.15, 0.2) is 11.2 Å². The van der Waals surface area contributed by atoms with Crippen LogP contribution in [0.1, 0.15) is 45.6 Å². The van der Waals surface area contributed by atoms with Crippen molar-refractivity contribution in [1.29, 1.82) is 0 Å². The fraction of sp³-hybridized carbons (Fsp3) is 0.786. The minimum absolute atomic E-state index is 0.147. The van der Waals surface area contributed by atoms with Gasteiger partial charge in [-0.15, -0.1) is 0 Å². The fourth-order valence-corrected chi connectivity index (χ4v) is 3.75. The van der Waals surface area contributed by atoms with Crippen molar-refractivity contribution in [3.63, 3.8) is 0 Å². The highest BCUT2D eigenvalue weighted by Gasteiger charge is 2.45. The summed E-state index contributed by atoms with van der Waals surface area (Å²) in [6.07, 6.45) is 4.78. The summed E-state index contributed by atoms with van der Waals surface area (Å²) < 4.78 is 27.6. The van der Waals surface area contributed by atoms with E-state index >= 15 is 0 Å². The number of nitrogens with zero attached hydrogens (tertiary/aromatic N) is 1. The average Bonchev–Trinajstić information content (AvgIpc) is 3.08. The molecule has 0 unspecified atom stereocenters. The molecule has 0 aliphatic heterocycles. The predicted octanol–water partition coefficient (Wildman–Crippen LogP) is 1.62. The van der Waals surface area contributed by atoms with Crippen molar-refractivity contribution in [2.24, 2.45) is 11.3 Å². The smallest absolute Gasteiger partial charge is 0.257 e. The van der Waals surface area contributed by atoms with Gasteiger partial charge in [-0.1, -0.05) is 20.8 Å². The van der Waals surface area contributed by atoms with E-state index in [1.807, 2.05) is 0 Å². The van der Waals surface area contributed by atoms with Crippen LogP contribution < -0.4 is 10.0 Å². The van der Waals surface area contributed by atoms with E-state index in [1.165, 1.54) is 0 Å². The highest BCUT2D eigenvalue weighted by Crippen LogP contribution is 2.51. The van der Waals surface area contributed by atoms with Crippen LogP contribution in [-0.2, 0) is 16.6 Å². The molecule has 3 N–H and O–H groups in total. The van der Waals surface area contributed by atoms with E-state index in [0.717, 1.165) is 25.8 Å². The molecule has 0 atom stereocenters. The Labute approximate surface area is 127 Å². The zero-order valence-electron chi connectivity index (χ0n) is 13.1. The SMILES string of the molecule is CCCNCc1cn[nH]c1S(=O)(=O)NCC1(C(C)C)CC1. The molecule has 0 aromatic carbocycles. The van der Waals surface area contributed by atoms with Gasteiger partial charge in [-0.3, -0.25) is 5.10 Å². The van der Waals surface area contributed by atoms with E-state index in [-0.39, 0.29) is 10.4 Å². The molecule has 1 aliphatic rings. The first-order valence-corrected chi connectivity index (χ1v) is 9.12. The van der Waals surface area contributed by atoms with Crippen LogP contribution in [0.4, 0.5) is 0 Å². The van der Waals surface area contributed by atoms with Crippen molar-refractivity contribution >= 4 is 10.0 Å². The molecular formula is C14H26N4O2S. The molecule has 0 amide bonds. The van der Waals surface area contributed by atoms with Crippen LogP contribution in [0.3, 0.4) is 0 Å². The van der Waals surface area contributed by atoms with Gasteiger partial charge < -0.3 is 5.32 Å². The Balaban J connectivity index is 2.01. The maximum Gasteiger partial charge on any atom is 0.257 e. The molecule has 0 radical (unpaired) electrons. The summed E-state index contributed by atoms with van der Waals surface area (Å²) in [5.74, 6) is 0.493. The lowest BCUT2D eigenvalue weighted by Crippen LogP contribution is -2.33. The lowest BCUT2D eigenvalue weighted by atomic mass is 9.93. The molecule has 0 saturated heterocycles. The van der Waals surface area contributed by atoms with Crippen LogP contribution >= 0.6 is 0 Å². The Morgan fingerprint density at radius 3 is 2.71 bits per heavy atom. The lowest BCUT2D eigenvalue weighted by Gasteiger charge is -2.19. The van der Waals surface area contributed by atoms with Gasteiger partial charge in [0.2, 0.25) is 0 Å². The van der Waals surface area contributed by atoms with E-state index in [2.05, 4.69) is 41.0 Å². The van der Waals surface area contributed by atoms with E-state index in [4.69, 9.17) is 0 Å². The predicted molar refractivity (Wildman–Crippen MR) is 82.3 cm³/mol. The number of rotatable bonds is 9. The molecule has 1 saturated carbocycles. The van der Waals surface area contributed by atoms with Crippen molar-refractivity contribution in [3.05, 3.63) is 11.8 Å². The summed E-state index contributed by atoms with van der Waals surface area (Å²) in [5, 5.41) is 9.88. The molecule has 1 heterocycles. The molecule has 1 aromatic rings. The average molecular weight is 314 g/mol. The minimum atomic E-state index is -3.52. The van der Waals surface area contributed by atoms with Gasteiger partial charge in [0.25, 0.3) is 10.0 Å². The second-order valence-corrected chi connectivity index (χ2v) is 7.95. The molecule has 6 nitrogen and oxygen atoms in total. The maximum atomic E-state index is 12.4. The second kappa shape index (κ2) is 6.46. The molecule has 7 heteroatoms. The lowest BCUT2D eigenvalue weighted by molar-refractivity contribution is 0.357. The Bertz CT molecular complexity index is 561. The van der Waals surface area contributed by atoms with Gasteiger partial charge in [0.1, 0.15) is 0 Å². The number of H-pyrrole nitrogens is 1. The maximum absolute atomic E-state index is 12.4. The summed E-state index contributed by atoms with van der Waals surface area (Å²) in [4.78, 5) is 0. The molecule has 1 fully saturated rings. The number of aromatic amines is 1. The van der Waals surface area contributed by atoms with Crippen molar-refractivity contribution < 1.29 is 8.42 Å². The normalized spacial score (nSPS) is 17.3. The van der Waals surface area contributed by atoms with E-state index in [0.29, 0.717) is 24.6 Å². The molecule has 1 aliphatic carbocycles. The van der Waals surface area contributed by atoms with Crippen molar-refractivity contribution in [3.8, 4) is 0 Å². The third kappa shape index (κ3) is 3.84. The molecule has 1 aromatic heterocycles. The summed E-state index contributed by atoms with van der Waals surface area (Å²) in [6.45, 7) is 8.25. The fourth-order valence-electron chi connectivity index (χ4n) is 2.49.